The SMILES string of the molecule is CCc1cnc(Sc2ccnc(C(C)(C)C)n2)[nH]1. The highest BCUT2D eigenvalue weighted by Gasteiger charge is 2.17. The Morgan fingerprint density at radius 1 is 1.28 bits per heavy atom. The zero-order valence-electron chi connectivity index (χ0n) is 11.2. The smallest absolute Gasteiger partial charge is 0.171 e. The highest BCUT2D eigenvalue weighted by Crippen LogP contribution is 2.25. The fourth-order valence-corrected chi connectivity index (χ4v) is 2.18. The number of aromatic amines is 1. The average Bonchev–Trinajstić information content (AvgIpc) is 2.76. The topological polar surface area (TPSA) is 54.5 Å². The van der Waals surface area contributed by atoms with Crippen LogP contribution in [0.5, 0.6) is 0 Å². The lowest BCUT2D eigenvalue weighted by Crippen LogP contribution is -2.15. The van der Waals surface area contributed by atoms with Crippen LogP contribution < -0.4 is 0 Å². The average molecular weight is 262 g/mol. The Balaban J connectivity index is 2.19. The standard InChI is InChI=1S/C13H18N4S/c1-5-9-8-15-12(16-9)18-10-6-7-14-11(17-10)13(2,3)4/h6-8H,5H2,1-4H3,(H,15,16). The summed E-state index contributed by atoms with van der Waals surface area (Å²) in [6.07, 6.45) is 4.64. The minimum Gasteiger partial charge on any atom is -0.337 e. The van der Waals surface area contributed by atoms with Gasteiger partial charge < -0.3 is 4.98 Å². The van der Waals surface area contributed by atoms with Crippen molar-refractivity contribution in [2.24, 2.45) is 0 Å². The summed E-state index contributed by atoms with van der Waals surface area (Å²) < 4.78 is 0. The Hall–Kier alpha value is -1.36. The van der Waals surface area contributed by atoms with Gasteiger partial charge in [0.2, 0.25) is 0 Å². The Morgan fingerprint density at radius 2 is 2.06 bits per heavy atom. The van der Waals surface area contributed by atoms with Gasteiger partial charge in [0.05, 0.1) is 0 Å². The molecule has 4 nitrogen and oxygen atoms in total. The van der Waals surface area contributed by atoms with Crippen molar-refractivity contribution in [1.29, 1.82) is 0 Å². The fraction of sp³-hybridized carbons (Fsp3) is 0.462. The van der Waals surface area contributed by atoms with Crippen molar-refractivity contribution in [3.05, 3.63) is 30.0 Å². The third-order valence-electron chi connectivity index (χ3n) is 2.49. The summed E-state index contributed by atoms with van der Waals surface area (Å²) in [5.41, 5.74) is 1.11. The van der Waals surface area contributed by atoms with Crippen LogP contribution in [0.15, 0.2) is 28.6 Å². The molecule has 5 heteroatoms. The minimum atomic E-state index is -0.0334. The third-order valence-corrected chi connectivity index (χ3v) is 3.33. The molecule has 0 spiro atoms. The largest absolute Gasteiger partial charge is 0.337 e. The summed E-state index contributed by atoms with van der Waals surface area (Å²) >= 11 is 1.54. The molecule has 2 rings (SSSR count). The molecule has 0 atom stereocenters. The van der Waals surface area contributed by atoms with E-state index in [1.165, 1.54) is 11.8 Å². The van der Waals surface area contributed by atoms with Gasteiger partial charge in [0.15, 0.2) is 5.16 Å². The number of hydrogen-bond donors (Lipinski definition) is 1. The molecule has 0 saturated heterocycles. The summed E-state index contributed by atoms with van der Waals surface area (Å²) in [6, 6.07) is 1.91. The molecule has 96 valence electrons. The van der Waals surface area contributed by atoms with Gasteiger partial charge >= 0.3 is 0 Å². The maximum atomic E-state index is 4.57. The van der Waals surface area contributed by atoms with E-state index in [0.717, 1.165) is 28.1 Å². The minimum absolute atomic E-state index is 0.0334. The van der Waals surface area contributed by atoms with Crippen LogP contribution in [0, 0.1) is 0 Å². The van der Waals surface area contributed by atoms with Crippen molar-refractivity contribution in [2.45, 2.75) is 49.7 Å². The molecule has 1 N–H and O–H groups in total. The maximum absolute atomic E-state index is 4.57. The molecule has 0 aromatic carbocycles. The zero-order chi connectivity index (χ0) is 13.2. The van der Waals surface area contributed by atoms with Gasteiger partial charge in [-0.05, 0) is 24.2 Å². The zero-order valence-corrected chi connectivity index (χ0v) is 12.0. The van der Waals surface area contributed by atoms with Crippen LogP contribution in [0.1, 0.15) is 39.2 Å². The summed E-state index contributed by atoms with van der Waals surface area (Å²) in [5, 5.41) is 1.80. The predicted octanol–water partition coefficient (Wildman–Crippen LogP) is 3.21. The van der Waals surface area contributed by atoms with Gasteiger partial charge in [-0.25, -0.2) is 15.0 Å². The Kier molecular flexibility index (Phi) is 3.71. The lowest BCUT2D eigenvalue weighted by Gasteiger charge is -2.16. The second-order valence-electron chi connectivity index (χ2n) is 5.14. The normalized spacial score (nSPS) is 11.8. The molecule has 0 saturated carbocycles. The predicted molar refractivity (Wildman–Crippen MR) is 72.8 cm³/mol. The Labute approximate surface area is 112 Å². The number of rotatable bonds is 3. The van der Waals surface area contributed by atoms with Gasteiger partial charge in [-0.2, -0.15) is 0 Å². The van der Waals surface area contributed by atoms with E-state index in [-0.39, 0.29) is 5.41 Å². The molecule has 18 heavy (non-hydrogen) atoms. The number of H-pyrrole nitrogens is 1. The molecule has 0 unspecified atom stereocenters. The number of hydrogen-bond acceptors (Lipinski definition) is 4. The van der Waals surface area contributed by atoms with Crippen LogP contribution in [0.2, 0.25) is 0 Å². The van der Waals surface area contributed by atoms with E-state index in [1.807, 2.05) is 12.3 Å². The van der Waals surface area contributed by atoms with Crippen molar-refractivity contribution in [1.82, 2.24) is 19.9 Å². The van der Waals surface area contributed by atoms with E-state index >= 15 is 0 Å². The summed E-state index contributed by atoms with van der Waals surface area (Å²) in [6.45, 7) is 8.43. The summed E-state index contributed by atoms with van der Waals surface area (Å²) in [4.78, 5) is 16.5. The molecular weight excluding hydrogens is 244 g/mol. The van der Waals surface area contributed by atoms with Crippen molar-refractivity contribution < 1.29 is 0 Å². The molecule has 2 aromatic rings. The molecule has 2 heterocycles. The lowest BCUT2D eigenvalue weighted by molar-refractivity contribution is 0.538. The molecule has 0 aliphatic heterocycles. The van der Waals surface area contributed by atoms with E-state index in [0.29, 0.717) is 0 Å². The molecular formula is C13H18N4S. The molecule has 0 fully saturated rings. The molecule has 0 bridgehead atoms. The van der Waals surface area contributed by atoms with Crippen LogP contribution in [-0.2, 0) is 11.8 Å². The maximum Gasteiger partial charge on any atom is 0.171 e. The Bertz CT molecular complexity index is 528. The first-order valence-corrected chi connectivity index (χ1v) is 6.86. The van der Waals surface area contributed by atoms with Gasteiger partial charge in [-0.1, -0.05) is 27.7 Å². The lowest BCUT2D eigenvalue weighted by atomic mass is 9.96. The van der Waals surface area contributed by atoms with Gasteiger partial charge in [0.25, 0.3) is 0 Å². The summed E-state index contributed by atoms with van der Waals surface area (Å²) in [5.74, 6) is 0.856. The van der Waals surface area contributed by atoms with Gasteiger partial charge in [0.1, 0.15) is 10.9 Å². The quantitative estimate of drug-likeness (QED) is 0.863. The molecule has 0 radical (unpaired) electrons. The van der Waals surface area contributed by atoms with Crippen LogP contribution in [0.25, 0.3) is 0 Å². The van der Waals surface area contributed by atoms with Crippen molar-refractivity contribution in [3.63, 3.8) is 0 Å². The highest BCUT2D eigenvalue weighted by molar-refractivity contribution is 7.99. The Morgan fingerprint density at radius 3 is 2.67 bits per heavy atom. The van der Waals surface area contributed by atoms with Crippen LogP contribution in [0.4, 0.5) is 0 Å². The van der Waals surface area contributed by atoms with Crippen molar-refractivity contribution in [3.8, 4) is 0 Å². The van der Waals surface area contributed by atoms with Crippen LogP contribution >= 0.6 is 11.8 Å². The van der Waals surface area contributed by atoms with Gasteiger partial charge in [-0.15, -0.1) is 0 Å². The highest BCUT2D eigenvalue weighted by atomic mass is 32.2. The first kappa shape index (κ1) is 13.1. The first-order valence-electron chi connectivity index (χ1n) is 6.04. The fourth-order valence-electron chi connectivity index (χ4n) is 1.43. The van der Waals surface area contributed by atoms with E-state index in [2.05, 4.69) is 47.6 Å². The third kappa shape index (κ3) is 3.10. The number of aromatic nitrogens is 4. The van der Waals surface area contributed by atoms with E-state index in [4.69, 9.17) is 0 Å². The number of imidazole rings is 1. The van der Waals surface area contributed by atoms with Gasteiger partial charge in [0, 0.05) is 23.5 Å². The molecule has 0 amide bonds. The molecule has 0 aliphatic rings. The second kappa shape index (κ2) is 5.10. The first-order chi connectivity index (χ1) is 8.49. The monoisotopic (exact) mass is 262 g/mol. The molecule has 0 aliphatic carbocycles. The number of nitrogens with zero attached hydrogens (tertiary/aromatic N) is 3. The van der Waals surface area contributed by atoms with E-state index in [1.54, 1.807) is 6.20 Å². The van der Waals surface area contributed by atoms with E-state index < -0.39 is 0 Å². The number of nitrogens with one attached hydrogen (secondary N) is 1. The van der Waals surface area contributed by atoms with E-state index in [9.17, 15) is 0 Å². The molecule has 2 aromatic heterocycles. The van der Waals surface area contributed by atoms with Crippen molar-refractivity contribution in [2.75, 3.05) is 0 Å². The van der Waals surface area contributed by atoms with Crippen LogP contribution in [0.3, 0.4) is 0 Å². The van der Waals surface area contributed by atoms with Crippen LogP contribution in [-0.4, -0.2) is 19.9 Å². The number of aryl methyl sites for hydroxylation is 1. The van der Waals surface area contributed by atoms with Crippen molar-refractivity contribution >= 4 is 11.8 Å². The van der Waals surface area contributed by atoms with Gasteiger partial charge in [-0.3, -0.25) is 0 Å². The summed E-state index contributed by atoms with van der Waals surface area (Å²) in [7, 11) is 0. The second-order valence-corrected chi connectivity index (χ2v) is 6.15.